The third-order valence-electron chi connectivity index (χ3n) is 4.90. The van der Waals surface area contributed by atoms with Crippen molar-refractivity contribution in [1.29, 1.82) is 0 Å². The maximum Gasteiger partial charge on any atom is 0.228 e. The first-order valence-corrected chi connectivity index (χ1v) is 10.0. The van der Waals surface area contributed by atoms with Crippen LogP contribution in [0.5, 0.6) is 5.75 Å². The SMILES string of the molecule is CC(C)Oc1ccccc1CC(=O)Nc1cccc(CN2CCN(C)CC2)c1. The highest BCUT2D eigenvalue weighted by Gasteiger charge is 2.14. The summed E-state index contributed by atoms with van der Waals surface area (Å²) in [6.45, 7) is 9.27. The number of piperazine rings is 1. The lowest BCUT2D eigenvalue weighted by molar-refractivity contribution is -0.115. The number of carbonyl (C=O) groups is 1. The molecule has 5 heteroatoms. The number of para-hydroxylation sites is 1. The number of rotatable bonds is 7. The molecule has 1 N–H and O–H groups in total. The molecular weight excluding hydrogens is 350 g/mol. The lowest BCUT2D eigenvalue weighted by Gasteiger charge is -2.32. The molecule has 2 aromatic rings. The largest absolute Gasteiger partial charge is 0.491 e. The zero-order valence-corrected chi connectivity index (χ0v) is 17.1. The van der Waals surface area contributed by atoms with Crippen LogP contribution in [0.25, 0.3) is 0 Å². The van der Waals surface area contributed by atoms with Gasteiger partial charge in [-0.05, 0) is 44.7 Å². The molecule has 150 valence electrons. The standard InChI is InChI=1S/C23H31N3O2/c1-18(2)28-22-10-5-4-8-20(22)16-23(27)24-21-9-6-7-19(15-21)17-26-13-11-25(3)12-14-26/h4-10,15,18H,11-14,16-17H2,1-3H3,(H,24,27). The fourth-order valence-corrected chi connectivity index (χ4v) is 3.41. The molecular formula is C23H31N3O2. The predicted octanol–water partition coefficient (Wildman–Crippen LogP) is 3.40. The van der Waals surface area contributed by atoms with Gasteiger partial charge in [0.1, 0.15) is 5.75 Å². The number of amides is 1. The van der Waals surface area contributed by atoms with Crippen LogP contribution in [-0.2, 0) is 17.8 Å². The maximum absolute atomic E-state index is 12.6. The summed E-state index contributed by atoms with van der Waals surface area (Å²) in [5, 5.41) is 3.03. The van der Waals surface area contributed by atoms with E-state index in [-0.39, 0.29) is 12.0 Å². The van der Waals surface area contributed by atoms with E-state index in [9.17, 15) is 4.79 Å². The lowest BCUT2D eigenvalue weighted by Crippen LogP contribution is -2.43. The molecule has 0 spiro atoms. The van der Waals surface area contributed by atoms with Gasteiger partial charge < -0.3 is 15.0 Å². The summed E-state index contributed by atoms with van der Waals surface area (Å²) in [6.07, 6.45) is 0.376. The van der Waals surface area contributed by atoms with Gasteiger partial charge in [0.2, 0.25) is 5.91 Å². The molecule has 0 saturated carbocycles. The van der Waals surface area contributed by atoms with Gasteiger partial charge in [-0.3, -0.25) is 9.69 Å². The van der Waals surface area contributed by atoms with Crippen molar-refractivity contribution in [3.05, 3.63) is 59.7 Å². The molecule has 1 heterocycles. The topological polar surface area (TPSA) is 44.8 Å². The number of likely N-dealkylation sites (N-methyl/N-ethyl adjacent to an activating group) is 1. The van der Waals surface area contributed by atoms with Crippen molar-refractivity contribution in [2.45, 2.75) is 32.9 Å². The first-order chi connectivity index (χ1) is 13.5. The summed E-state index contributed by atoms with van der Waals surface area (Å²) in [5.41, 5.74) is 2.98. The van der Waals surface area contributed by atoms with Crippen molar-refractivity contribution in [3.8, 4) is 5.75 Å². The van der Waals surface area contributed by atoms with Crippen LogP contribution in [-0.4, -0.2) is 55.0 Å². The number of benzene rings is 2. The Bertz CT molecular complexity index is 783. The molecule has 0 unspecified atom stereocenters. The van der Waals surface area contributed by atoms with Crippen molar-refractivity contribution in [1.82, 2.24) is 9.80 Å². The molecule has 1 fully saturated rings. The molecule has 0 aliphatic carbocycles. The molecule has 0 radical (unpaired) electrons. The van der Waals surface area contributed by atoms with Gasteiger partial charge in [0, 0.05) is 44.0 Å². The monoisotopic (exact) mass is 381 g/mol. The van der Waals surface area contributed by atoms with E-state index < -0.39 is 0 Å². The number of anilines is 1. The van der Waals surface area contributed by atoms with E-state index in [2.05, 4.69) is 34.3 Å². The van der Waals surface area contributed by atoms with Gasteiger partial charge in [0.05, 0.1) is 12.5 Å². The molecule has 0 aromatic heterocycles. The zero-order chi connectivity index (χ0) is 19.9. The van der Waals surface area contributed by atoms with Crippen molar-refractivity contribution in [3.63, 3.8) is 0 Å². The normalized spacial score (nSPS) is 15.6. The summed E-state index contributed by atoms with van der Waals surface area (Å²) in [5.74, 6) is 0.744. The molecule has 0 bridgehead atoms. The van der Waals surface area contributed by atoms with E-state index in [1.54, 1.807) is 0 Å². The number of hydrogen-bond acceptors (Lipinski definition) is 4. The van der Waals surface area contributed by atoms with E-state index in [0.29, 0.717) is 6.42 Å². The molecule has 5 nitrogen and oxygen atoms in total. The average Bonchev–Trinajstić information content (AvgIpc) is 2.65. The number of nitrogens with zero attached hydrogens (tertiary/aromatic N) is 2. The maximum atomic E-state index is 12.6. The second kappa shape index (κ2) is 9.71. The van der Waals surface area contributed by atoms with E-state index >= 15 is 0 Å². The molecule has 2 aromatic carbocycles. The van der Waals surface area contributed by atoms with Crippen molar-refractivity contribution >= 4 is 11.6 Å². The Balaban J connectivity index is 1.59. The Labute approximate surface area is 168 Å². The van der Waals surface area contributed by atoms with Gasteiger partial charge in [0.15, 0.2) is 0 Å². The highest BCUT2D eigenvalue weighted by Crippen LogP contribution is 2.21. The van der Waals surface area contributed by atoms with Gasteiger partial charge >= 0.3 is 0 Å². The molecule has 1 saturated heterocycles. The number of carbonyl (C=O) groups excluding carboxylic acids is 1. The average molecular weight is 382 g/mol. The Morgan fingerprint density at radius 3 is 2.57 bits per heavy atom. The van der Waals surface area contributed by atoms with Crippen molar-refractivity contribution in [2.24, 2.45) is 0 Å². The fourth-order valence-electron chi connectivity index (χ4n) is 3.41. The first-order valence-electron chi connectivity index (χ1n) is 10.0. The van der Waals surface area contributed by atoms with Gasteiger partial charge in [0.25, 0.3) is 0 Å². The molecule has 1 amide bonds. The minimum atomic E-state index is -0.0310. The second-order valence-corrected chi connectivity index (χ2v) is 7.78. The first kappa shape index (κ1) is 20.4. The molecule has 3 rings (SSSR count). The van der Waals surface area contributed by atoms with Crippen LogP contribution in [0.15, 0.2) is 48.5 Å². The minimum absolute atomic E-state index is 0.0310. The van der Waals surface area contributed by atoms with E-state index in [1.165, 1.54) is 5.56 Å². The minimum Gasteiger partial charge on any atom is -0.491 e. The van der Waals surface area contributed by atoms with Crippen molar-refractivity contribution in [2.75, 3.05) is 38.5 Å². The lowest BCUT2D eigenvalue weighted by atomic mass is 10.1. The number of nitrogens with one attached hydrogen (secondary N) is 1. The Morgan fingerprint density at radius 2 is 1.82 bits per heavy atom. The Morgan fingerprint density at radius 1 is 1.07 bits per heavy atom. The Kier molecular flexibility index (Phi) is 7.06. The number of hydrogen-bond donors (Lipinski definition) is 1. The summed E-state index contributed by atoms with van der Waals surface area (Å²) >= 11 is 0. The van der Waals surface area contributed by atoms with Crippen LogP contribution in [0.2, 0.25) is 0 Å². The summed E-state index contributed by atoms with van der Waals surface area (Å²) in [7, 11) is 2.16. The Hall–Kier alpha value is -2.37. The fraction of sp³-hybridized carbons (Fsp3) is 0.435. The van der Waals surface area contributed by atoms with E-state index in [0.717, 1.165) is 49.7 Å². The van der Waals surface area contributed by atoms with Crippen LogP contribution in [0.1, 0.15) is 25.0 Å². The molecule has 1 aliphatic heterocycles. The predicted molar refractivity (Wildman–Crippen MR) is 114 cm³/mol. The highest BCUT2D eigenvalue weighted by molar-refractivity contribution is 5.92. The summed E-state index contributed by atoms with van der Waals surface area (Å²) in [4.78, 5) is 17.4. The summed E-state index contributed by atoms with van der Waals surface area (Å²) in [6, 6.07) is 15.9. The number of ether oxygens (including phenoxy) is 1. The van der Waals surface area contributed by atoms with Gasteiger partial charge in [-0.25, -0.2) is 0 Å². The molecule has 0 atom stereocenters. The van der Waals surface area contributed by atoms with E-state index in [4.69, 9.17) is 4.74 Å². The summed E-state index contributed by atoms with van der Waals surface area (Å²) < 4.78 is 5.82. The van der Waals surface area contributed by atoms with Crippen LogP contribution < -0.4 is 10.1 Å². The van der Waals surface area contributed by atoms with Crippen molar-refractivity contribution < 1.29 is 9.53 Å². The zero-order valence-electron chi connectivity index (χ0n) is 17.1. The third kappa shape index (κ3) is 6.08. The molecule has 1 aliphatic rings. The third-order valence-corrected chi connectivity index (χ3v) is 4.90. The highest BCUT2D eigenvalue weighted by atomic mass is 16.5. The quantitative estimate of drug-likeness (QED) is 0.798. The van der Waals surface area contributed by atoms with Crippen LogP contribution >= 0.6 is 0 Å². The van der Waals surface area contributed by atoms with Crippen LogP contribution in [0.3, 0.4) is 0 Å². The smallest absolute Gasteiger partial charge is 0.228 e. The van der Waals surface area contributed by atoms with Gasteiger partial charge in [-0.15, -0.1) is 0 Å². The molecule has 28 heavy (non-hydrogen) atoms. The van der Waals surface area contributed by atoms with E-state index in [1.807, 2.05) is 50.2 Å². The van der Waals surface area contributed by atoms with Gasteiger partial charge in [-0.2, -0.15) is 0 Å². The van der Waals surface area contributed by atoms with Gasteiger partial charge in [-0.1, -0.05) is 30.3 Å². The van der Waals surface area contributed by atoms with Crippen LogP contribution in [0, 0.1) is 0 Å². The second-order valence-electron chi connectivity index (χ2n) is 7.78. The van der Waals surface area contributed by atoms with Crippen LogP contribution in [0.4, 0.5) is 5.69 Å².